The van der Waals surface area contributed by atoms with Crippen LogP contribution in [0.2, 0.25) is 0 Å². The fourth-order valence-corrected chi connectivity index (χ4v) is 0.254. The Hall–Kier alpha value is -0.840. The summed E-state index contributed by atoms with van der Waals surface area (Å²) in [6, 6.07) is 0. The average molecular weight is 97.1 g/mol. The molecule has 0 N–H and O–H groups in total. The van der Waals surface area contributed by atoms with Gasteiger partial charge < -0.3 is 9.64 Å². The summed E-state index contributed by atoms with van der Waals surface area (Å²) in [5.41, 5.74) is 0. The molecule has 0 aromatic rings. The Morgan fingerprint density at radius 3 is 2.86 bits per heavy atom. The molecule has 38 valence electrons. The van der Waals surface area contributed by atoms with Gasteiger partial charge in [0.15, 0.2) is 0 Å². The van der Waals surface area contributed by atoms with Crippen molar-refractivity contribution in [1.82, 2.24) is 0 Å². The molecule has 0 amide bonds. The molecule has 0 spiro atoms. The molecule has 0 atom stereocenters. The number of carbonyl (C=O) groups excluding carboxylic acids is 1. The predicted molar refractivity (Wildman–Crippen MR) is 26.8 cm³/mol. The first-order valence-corrected chi connectivity index (χ1v) is 2.18. The molecule has 0 aliphatic rings. The molecule has 2 heteroatoms. The maximum atomic E-state index is 9.58. The Kier molecular flexibility index (Phi) is 4.54. The van der Waals surface area contributed by atoms with E-state index < -0.39 is 0 Å². The number of carbonyl (C=O) groups is 1. The summed E-state index contributed by atoms with van der Waals surface area (Å²) in [6.45, 7) is 6.78. The molecule has 0 aliphatic carbocycles. The SMILES string of the molecule is [C-]#[N+]CCCC=O. The van der Waals surface area contributed by atoms with Crippen molar-refractivity contribution in [2.45, 2.75) is 12.8 Å². The monoisotopic (exact) mass is 97.1 g/mol. The summed E-state index contributed by atoms with van der Waals surface area (Å²) >= 11 is 0. The Morgan fingerprint density at radius 2 is 2.43 bits per heavy atom. The second-order valence-corrected chi connectivity index (χ2v) is 1.19. The van der Waals surface area contributed by atoms with Crippen molar-refractivity contribution in [3.8, 4) is 0 Å². The molecule has 0 unspecified atom stereocenters. The highest BCUT2D eigenvalue weighted by Crippen LogP contribution is 1.82. The lowest BCUT2D eigenvalue weighted by molar-refractivity contribution is -0.107. The van der Waals surface area contributed by atoms with E-state index in [1.807, 2.05) is 0 Å². The second kappa shape index (κ2) is 5.16. The van der Waals surface area contributed by atoms with Crippen molar-refractivity contribution in [1.29, 1.82) is 0 Å². The third-order valence-corrected chi connectivity index (χ3v) is 0.592. The van der Waals surface area contributed by atoms with Crippen LogP contribution in [0.4, 0.5) is 0 Å². The van der Waals surface area contributed by atoms with Gasteiger partial charge in [-0.05, 0) is 0 Å². The van der Waals surface area contributed by atoms with Gasteiger partial charge in [0.2, 0.25) is 6.54 Å². The lowest BCUT2D eigenvalue weighted by Gasteiger charge is -1.75. The minimum atomic E-state index is 0.485. The molecule has 2 nitrogen and oxygen atoms in total. The van der Waals surface area contributed by atoms with E-state index in [9.17, 15) is 4.79 Å². The first kappa shape index (κ1) is 6.16. The number of nitrogens with zero attached hydrogens (tertiary/aromatic N) is 1. The van der Waals surface area contributed by atoms with Gasteiger partial charge in [-0.3, -0.25) is 0 Å². The fourth-order valence-electron chi connectivity index (χ4n) is 0.254. The molecule has 0 aromatic heterocycles. The first-order valence-electron chi connectivity index (χ1n) is 2.18. The Bertz CT molecular complexity index is 82.6. The normalized spacial score (nSPS) is 7.29. The zero-order chi connectivity index (χ0) is 5.54. The van der Waals surface area contributed by atoms with Crippen molar-refractivity contribution in [2.24, 2.45) is 0 Å². The smallest absolute Gasteiger partial charge is 0.215 e. The molecular formula is C5H7NO. The summed E-state index contributed by atoms with van der Waals surface area (Å²) in [5, 5.41) is 0. The maximum Gasteiger partial charge on any atom is 0.215 e. The quantitative estimate of drug-likeness (QED) is 0.291. The zero-order valence-electron chi connectivity index (χ0n) is 4.05. The van der Waals surface area contributed by atoms with Gasteiger partial charge in [-0.15, -0.1) is 0 Å². The van der Waals surface area contributed by atoms with Gasteiger partial charge in [0.1, 0.15) is 6.29 Å². The number of hydrogen-bond donors (Lipinski definition) is 0. The van der Waals surface area contributed by atoms with Crippen LogP contribution in [0.1, 0.15) is 12.8 Å². The van der Waals surface area contributed by atoms with Crippen LogP contribution in [-0.2, 0) is 4.79 Å². The van der Waals surface area contributed by atoms with Crippen LogP contribution in [0.3, 0.4) is 0 Å². The molecule has 0 saturated heterocycles. The fraction of sp³-hybridized carbons (Fsp3) is 0.600. The Labute approximate surface area is 43.0 Å². The minimum absolute atomic E-state index is 0.485. The summed E-state index contributed by atoms with van der Waals surface area (Å²) in [7, 11) is 0. The topological polar surface area (TPSA) is 21.4 Å². The predicted octanol–water partition coefficient (Wildman–Crippen LogP) is 0.885. The third kappa shape index (κ3) is 5.16. The van der Waals surface area contributed by atoms with Crippen LogP contribution in [0, 0.1) is 6.57 Å². The van der Waals surface area contributed by atoms with Gasteiger partial charge in [-0.25, -0.2) is 6.57 Å². The van der Waals surface area contributed by atoms with Crippen LogP contribution < -0.4 is 0 Å². The molecule has 0 aromatic carbocycles. The summed E-state index contributed by atoms with van der Waals surface area (Å²) in [6.07, 6.45) is 2.08. The molecule has 7 heavy (non-hydrogen) atoms. The van der Waals surface area contributed by atoms with Gasteiger partial charge in [0.05, 0.1) is 0 Å². The number of rotatable bonds is 3. The van der Waals surface area contributed by atoms with E-state index in [2.05, 4.69) is 4.85 Å². The Balaban J connectivity index is 2.72. The molecule has 0 heterocycles. The van der Waals surface area contributed by atoms with Gasteiger partial charge in [0, 0.05) is 12.8 Å². The minimum Gasteiger partial charge on any atom is -0.317 e. The third-order valence-electron chi connectivity index (χ3n) is 0.592. The van der Waals surface area contributed by atoms with E-state index in [1.54, 1.807) is 0 Å². The molecule has 0 rings (SSSR count). The lowest BCUT2D eigenvalue weighted by Crippen LogP contribution is -1.77. The maximum absolute atomic E-state index is 9.58. The van der Waals surface area contributed by atoms with Gasteiger partial charge in [-0.2, -0.15) is 0 Å². The molecule has 0 fully saturated rings. The van der Waals surface area contributed by atoms with Crippen LogP contribution >= 0.6 is 0 Å². The summed E-state index contributed by atoms with van der Waals surface area (Å²) in [4.78, 5) is 12.6. The van der Waals surface area contributed by atoms with E-state index >= 15 is 0 Å². The summed E-state index contributed by atoms with van der Waals surface area (Å²) in [5.74, 6) is 0. The lowest BCUT2D eigenvalue weighted by atomic mass is 10.3. The van der Waals surface area contributed by atoms with E-state index in [0.29, 0.717) is 19.4 Å². The van der Waals surface area contributed by atoms with E-state index in [1.165, 1.54) is 0 Å². The van der Waals surface area contributed by atoms with Crippen molar-refractivity contribution >= 4 is 6.29 Å². The average Bonchev–Trinajstić information content (AvgIpc) is 1.69. The van der Waals surface area contributed by atoms with E-state index in [0.717, 1.165) is 6.29 Å². The molecule has 0 saturated carbocycles. The largest absolute Gasteiger partial charge is 0.317 e. The van der Waals surface area contributed by atoms with Crippen molar-refractivity contribution < 1.29 is 4.79 Å². The summed E-state index contributed by atoms with van der Waals surface area (Å²) < 4.78 is 0. The van der Waals surface area contributed by atoms with Crippen LogP contribution in [0.5, 0.6) is 0 Å². The van der Waals surface area contributed by atoms with Crippen LogP contribution in [-0.4, -0.2) is 12.8 Å². The van der Waals surface area contributed by atoms with Crippen LogP contribution in [0.25, 0.3) is 4.85 Å². The van der Waals surface area contributed by atoms with Crippen molar-refractivity contribution in [3.05, 3.63) is 11.4 Å². The molecule has 0 bridgehead atoms. The molecule has 0 radical (unpaired) electrons. The number of hydrogen-bond acceptors (Lipinski definition) is 1. The second-order valence-electron chi connectivity index (χ2n) is 1.19. The van der Waals surface area contributed by atoms with E-state index in [4.69, 9.17) is 6.57 Å². The van der Waals surface area contributed by atoms with Crippen molar-refractivity contribution in [2.75, 3.05) is 6.54 Å². The highest BCUT2D eigenvalue weighted by molar-refractivity contribution is 5.49. The first-order chi connectivity index (χ1) is 3.41. The highest BCUT2D eigenvalue weighted by Gasteiger charge is 1.82. The van der Waals surface area contributed by atoms with Crippen LogP contribution in [0.15, 0.2) is 0 Å². The van der Waals surface area contributed by atoms with Gasteiger partial charge in [-0.1, -0.05) is 0 Å². The number of unbranched alkanes of at least 4 members (excludes halogenated alkanes) is 1. The zero-order valence-corrected chi connectivity index (χ0v) is 4.05. The molecule has 0 aliphatic heterocycles. The van der Waals surface area contributed by atoms with E-state index in [-0.39, 0.29) is 0 Å². The van der Waals surface area contributed by atoms with Crippen molar-refractivity contribution in [3.63, 3.8) is 0 Å². The standard InChI is InChI=1S/C5H7NO/c1-6-4-2-3-5-7/h5H,2-4H2. The van der Waals surface area contributed by atoms with Gasteiger partial charge >= 0.3 is 0 Å². The highest BCUT2D eigenvalue weighted by atomic mass is 16.1. The molecular weight excluding hydrogens is 90.1 g/mol. The van der Waals surface area contributed by atoms with Gasteiger partial charge in [0.25, 0.3) is 0 Å². The number of aldehydes is 1. The Morgan fingerprint density at radius 1 is 1.71 bits per heavy atom.